The Balaban J connectivity index is 1.78. The monoisotopic (exact) mass is 333 g/mol. The summed E-state index contributed by atoms with van der Waals surface area (Å²) in [4.78, 5) is 2.43. The van der Waals surface area contributed by atoms with Gasteiger partial charge < -0.3 is 4.90 Å². The van der Waals surface area contributed by atoms with Crippen LogP contribution in [0.25, 0.3) is 5.57 Å². The average Bonchev–Trinajstić information content (AvgIpc) is 2.60. The zero-order valence-corrected chi connectivity index (χ0v) is 16.0. The van der Waals surface area contributed by atoms with E-state index in [1.165, 1.54) is 65.9 Å². The largest absolute Gasteiger partial charge is 0.371 e. The summed E-state index contributed by atoms with van der Waals surface area (Å²) >= 11 is 0. The molecule has 1 atom stereocenters. The molecule has 0 spiro atoms. The number of aryl methyl sites for hydroxylation is 2. The molecule has 1 aliphatic heterocycles. The van der Waals surface area contributed by atoms with Crippen molar-refractivity contribution in [2.45, 2.75) is 52.4 Å². The minimum atomic E-state index is 0.344. The van der Waals surface area contributed by atoms with Crippen molar-refractivity contribution in [1.82, 2.24) is 0 Å². The summed E-state index contributed by atoms with van der Waals surface area (Å²) in [7, 11) is 0. The lowest BCUT2D eigenvalue weighted by Crippen LogP contribution is -2.36. The highest BCUT2D eigenvalue weighted by Gasteiger charge is 2.16. The fraction of sp³-hybridized carbons (Fsp3) is 0.417. The van der Waals surface area contributed by atoms with Crippen LogP contribution in [0.2, 0.25) is 0 Å². The third kappa shape index (κ3) is 3.81. The van der Waals surface area contributed by atoms with Crippen molar-refractivity contribution >= 4 is 11.3 Å². The van der Waals surface area contributed by atoms with Gasteiger partial charge in [0.15, 0.2) is 0 Å². The molecule has 2 aromatic carbocycles. The summed E-state index contributed by atoms with van der Waals surface area (Å²) < 4.78 is 0. The molecule has 1 heterocycles. The van der Waals surface area contributed by atoms with Gasteiger partial charge in [0.05, 0.1) is 0 Å². The summed E-state index contributed by atoms with van der Waals surface area (Å²) in [6, 6.07) is 16.0. The van der Waals surface area contributed by atoms with Crippen molar-refractivity contribution in [2.24, 2.45) is 0 Å². The number of allylic oxidation sites excluding steroid dienone is 1. The number of hydrogen-bond acceptors (Lipinski definition) is 1. The van der Waals surface area contributed by atoms with Gasteiger partial charge in [-0.1, -0.05) is 64.1 Å². The third-order valence-corrected chi connectivity index (χ3v) is 5.61. The number of benzene rings is 2. The van der Waals surface area contributed by atoms with E-state index >= 15 is 0 Å². The highest BCUT2D eigenvalue weighted by Crippen LogP contribution is 2.33. The van der Waals surface area contributed by atoms with E-state index < -0.39 is 0 Å². The third-order valence-electron chi connectivity index (χ3n) is 5.61. The van der Waals surface area contributed by atoms with Crippen molar-refractivity contribution in [2.75, 3.05) is 18.0 Å². The predicted octanol–water partition coefficient (Wildman–Crippen LogP) is 6.23. The number of hydrogen-bond donors (Lipinski definition) is 0. The zero-order chi connectivity index (χ0) is 17.8. The van der Waals surface area contributed by atoms with Gasteiger partial charge in [0.25, 0.3) is 0 Å². The van der Waals surface area contributed by atoms with Crippen LogP contribution >= 0.6 is 0 Å². The fourth-order valence-corrected chi connectivity index (χ4v) is 3.67. The van der Waals surface area contributed by atoms with E-state index in [9.17, 15) is 0 Å². The molecule has 132 valence electrons. The molecule has 0 radical (unpaired) electrons. The lowest BCUT2D eigenvalue weighted by atomic mass is 9.86. The Bertz CT molecular complexity index is 722. The van der Waals surface area contributed by atoms with Gasteiger partial charge in [-0.3, -0.25) is 0 Å². The molecule has 0 saturated carbocycles. The van der Waals surface area contributed by atoms with E-state index in [4.69, 9.17) is 0 Å². The van der Waals surface area contributed by atoms with Crippen LogP contribution in [0.3, 0.4) is 0 Å². The van der Waals surface area contributed by atoms with Crippen LogP contribution in [0.4, 0.5) is 5.69 Å². The maximum Gasteiger partial charge on any atom is 0.0366 e. The van der Waals surface area contributed by atoms with Crippen LogP contribution in [0, 0.1) is 0 Å². The van der Waals surface area contributed by atoms with Crippen molar-refractivity contribution in [3.8, 4) is 0 Å². The molecular formula is C24H31N. The van der Waals surface area contributed by atoms with Gasteiger partial charge >= 0.3 is 0 Å². The Morgan fingerprint density at radius 2 is 1.76 bits per heavy atom. The average molecular weight is 334 g/mol. The molecule has 1 fully saturated rings. The summed E-state index contributed by atoms with van der Waals surface area (Å²) in [5.41, 5.74) is 8.19. The molecule has 1 heteroatoms. The molecule has 25 heavy (non-hydrogen) atoms. The van der Waals surface area contributed by atoms with Gasteiger partial charge in [-0.05, 0) is 59.2 Å². The Labute approximate surface area is 153 Å². The summed E-state index contributed by atoms with van der Waals surface area (Å²) in [5.74, 6) is 0.344. The zero-order valence-electron chi connectivity index (χ0n) is 16.0. The number of anilines is 1. The quantitative estimate of drug-likeness (QED) is 0.580. The lowest BCUT2D eigenvalue weighted by molar-refractivity contribution is 0.618. The molecule has 1 unspecified atom stereocenters. The summed E-state index contributed by atoms with van der Waals surface area (Å²) in [6.45, 7) is 13.6. The predicted molar refractivity (Wildman–Crippen MR) is 111 cm³/mol. The Morgan fingerprint density at radius 1 is 1.04 bits per heavy atom. The van der Waals surface area contributed by atoms with Gasteiger partial charge in [-0.25, -0.2) is 0 Å². The molecule has 0 aromatic heterocycles. The normalized spacial score (nSPS) is 14.9. The molecule has 0 amide bonds. The topological polar surface area (TPSA) is 3.24 Å². The Hall–Kier alpha value is -2.02. The molecule has 0 aliphatic carbocycles. The first-order chi connectivity index (χ1) is 12.1. The maximum absolute atomic E-state index is 4.41. The van der Waals surface area contributed by atoms with Crippen LogP contribution < -0.4 is 4.90 Å². The minimum absolute atomic E-state index is 0.344. The van der Waals surface area contributed by atoms with Crippen LogP contribution in [-0.4, -0.2) is 13.1 Å². The van der Waals surface area contributed by atoms with E-state index in [1.54, 1.807) is 0 Å². The van der Waals surface area contributed by atoms with Gasteiger partial charge in [0, 0.05) is 24.7 Å². The molecule has 1 aliphatic rings. The first-order valence-corrected chi connectivity index (χ1v) is 9.80. The van der Waals surface area contributed by atoms with Gasteiger partial charge in [-0.2, -0.15) is 0 Å². The highest BCUT2D eigenvalue weighted by atomic mass is 15.2. The van der Waals surface area contributed by atoms with Crippen LogP contribution in [0.1, 0.15) is 61.8 Å². The standard InChI is InChI=1S/C24H31N/c1-5-8-23-17-22(10-9-20(23)6-2)19(4)18(3)21-11-13-24(14-12-21)25-15-7-16-25/h9-14,17,19H,3,5-8,15-16H2,1-2,4H3. The highest BCUT2D eigenvalue weighted by molar-refractivity contribution is 5.71. The lowest BCUT2D eigenvalue weighted by Gasteiger charge is -2.33. The van der Waals surface area contributed by atoms with Crippen molar-refractivity contribution in [1.29, 1.82) is 0 Å². The Morgan fingerprint density at radius 3 is 2.32 bits per heavy atom. The van der Waals surface area contributed by atoms with Crippen molar-refractivity contribution < 1.29 is 0 Å². The smallest absolute Gasteiger partial charge is 0.0366 e. The molecule has 2 aromatic rings. The molecule has 3 rings (SSSR count). The summed E-state index contributed by atoms with van der Waals surface area (Å²) in [5, 5.41) is 0. The minimum Gasteiger partial charge on any atom is -0.371 e. The van der Waals surface area contributed by atoms with E-state index in [-0.39, 0.29) is 0 Å². The number of rotatable bonds is 7. The number of nitrogens with zero attached hydrogens (tertiary/aromatic N) is 1. The van der Waals surface area contributed by atoms with Gasteiger partial charge in [-0.15, -0.1) is 0 Å². The summed E-state index contributed by atoms with van der Waals surface area (Å²) in [6.07, 6.45) is 4.80. The first kappa shape index (κ1) is 17.8. The van der Waals surface area contributed by atoms with Crippen LogP contribution in [-0.2, 0) is 12.8 Å². The molecular weight excluding hydrogens is 302 g/mol. The van der Waals surface area contributed by atoms with E-state index in [1.807, 2.05) is 0 Å². The van der Waals surface area contributed by atoms with Gasteiger partial charge in [0.1, 0.15) is 0 Å². The first-order valence-electron chi connectivity index (χ1n) is 9.80. The second-order valence-corrected chi connectivity index (χ2v) is 7.27. The van der Waals surface area contributed by atoms with Crippen molar-refractivity contribution in [3.05, 3.63) is 71.3 Å². The second kappa shape index (κ2) is 7.91. The molecule has 0 bridgehead atoms. The fourth-order valence-electron chi connectivity index (χ4n) is 3.67. The van der Waals surface area contributed by atoms with Gasteiger partial charge in [0.2, 0.25) is 0 Å². The maximum atomic E-state index is 4.41. The van der Waals surface area contributed by atoms with Crippen molar-refractivity contribution in [3.63, 3.8) is 0 Å². The molecule has 1 saturated heterocycles. The molecule has 0 N–H and O–H groups in total. The SMILES string of the molecule is C=C(c1ccc(N2CCC2)cc1)C(C)c1ccc(CC)c(CCC)c1. The van der Waals surface area contributed by atoms with E-state index in [2.05, 4.69) is 74.7 Å². The van der Waals surface area contributed by atoms with Crippen LogP contribution in [0.15, 0.2) is 49.0 Å². The van der Waals surface area contributed by atoms with E-state index in [0.29, 0.717) is 5.92 Å². The molecule has 1 nitrogen and oxygen atoms in total. The second-order valence-electron chi connectivity index (χ2n) is 7.27. The van der Waals surface area contributed by atoms with Crippen LogP contribution in [0.5, 0.6) is 0 Å². The Kier molecular flexibility index (Phi) is 5.63. The van der Waals surface area contributed by atoms with E-state index in [0.717, 1.165) is 6.42 Å².